The Balaban J connectivity index is 2.17. The number of rotatable bonds is 3. The second-order valence-corrected chi connectivity index (χ2v) is 5.88. The Morgan fingerprint density at radius 3 is 2.33 bits per heavy atom. The molecule has 0 saturated carbocycles. The predicted octanol–water partition coefficient (Wildman–Crippen LogP) is 4.03. The first-order valence-corrected chi connectivity index (χ1v) is 6.78. The number of hydrogen-bond donors (Lipinski definition) is 1. The average molecular weight is 262 g/mol. The summed E-state index contributed by atoms with van der Waals surface area (Å²) in [6.07, 6.45) is 0. The number of hydrogen-bond acceptors (Lipinski definition) is 4. The fourth-order valence-corrected chi connectivity index (χ4v) is 2.25. The van der Waals surface area contributed by atoms with E-state index in [9.17, 15) is 0 Å². The zero-order valence-electron chi connectivity index (χ0n) is 11.2. The van der Waals surface area contributed by atoms with Crippen LogP contribution in [0.5, 0.6) is 5.75 Å². The van der Waals surface area contributed by atoms with Crippen molar-refractivity contribution in [1.82, 2.24) is 4.98 Å². The molecular formula is C14H18N2OS. The van der Waals surface area contributed by atoms with Gasteiger partial charge in [0.25, 0.3) is 0 Å². The third-order valence-corrected chi connectivity index (χ3v) is 3.15. The molecule has 0 aliphatic carbocycles. The van der Waals surface area contributed by atoms with Crippen molar-refractivity contribution in [2.24, 2.45) is 0 Å². The monoisotopic (exact) mass is 262 g/mol. The lowest BCUT2D eigenvalue weighted by atomic mass is 10.1. The second kappa shape index (κ2) is 4.98. The molecule has 1 N–H and O–H groups in total. The summed E-state index contributed by atoms with van der Waals surface area (Å²) in [5, 5.41) is 6.02. The summed E-state index contributed by atoms with van der Waals surface area (Å²) in [5.74, 6) is 0.885. The van der Waals surface area contributed by atoms with Crippen LogP contribution < -0.4 is 10.1 Å². The Morgan fingerprint density at radius 2 is 1.83 bits per heavy atom. The number of ether oxygens (including phenoxy) is 1. The van der Waals surface area contributed by atoms with E-state index in [4.69, 9.17) is 4.74 Å². The van der Waals surface area contributed by atoms with Crippen molar-refractivity contribution in [3.05, 3.63) is 29.6 Å². The van der Waals surface area contributed by atoms with Crippen LogP contribution in [-0.2, 0) is 0 Å². The molecule has 0 bridgehead atoms. The Bertz CT molecular complexity index is 511. The van der Waals surface area contributed by atoms with Gasteiger partial charge in [-0.1, -0.05) is 0 Å². The Hall–Kier alpha value is -1.55. The molecule has 1 aromatic heterocycles. The van der Waals surface area contributed by atoms with E-state index in [2.05, 4.69) is 10.3 Å². The zero-order chi connectivity index (χ0) is 13.2. The third kappa shape index (κ3) is 3.23. The van der Waals surface area contributed by atoms with E-state index in [0.717, 1.165) is 22.1 Å². The van der Waals surface area contributed by atoms with E-state index in [1.54, 1.807) is 11.3 Å². The summed E-state index contributed by atoms with van der Waals surface area (Å²) in [7, 11) is 1.88. The van der Waals surface area contributed by atoms with Crippen LogP contribution in [0.1, 0.15) is 20.8 Å². The van der Waals surface area contributed by atoms with Gasteiger partial charge in [-0.2, -0.15) is 0 Å². The van der Waals surface area contributed by atoms with Crippen molar-refractivity contribution < 1.29 is 4.74 Å². The molecule has 0 radical (unpaired) electrons. The minimum absolute atomic E-state index is 0.165. The lowest BCUT2D eigenvalue weighted by Crippen LogP contribution is -2.22. The molecule has 18 heavy (non-hydrogen) atoms. The topological polar surface area (TPSA) is 34.2 Å². The van der Waals surface area contributed by atoms with E-state index in [-0.39, 0.29) is 5.60 Å². The molecule has 2 aromatic rings. The van der Waals surface area contributed by atoms with Crippen LogP contribution in [0, 0.1) is 0 Å². The van der Waals surface area contributed by atoms with Crippen molar-refractivity contribution in [2.75, 3.05) is 12.4 Å². The molecule has 3 nitrogen and oxygen atoms in total. The molecule has 1 aromatic carbocycles. The van der Waals surface area contributed by atoms with Gasteiger partial charge in [0.1, 0.15) is 11.4 Å². The molecule has 0 aliphatic heterocycles. The summed E-state index contributed by atoms with van der Waals surface area (Å²) in [4.78, 5) is 4.47. The number of nitrogens with one attached hydrogen (secondary N) is 1. The summed E-state index contributed by atoms with van der Waals surface area (Å²) in [6, 6.07) is 8.04. The fourth-order valence-electron chi connectivity index (χ4n) is 1.57. The smallest absolute Gasteiger partial charge is 0.182 e. The van der Waals surface area contributed by atoms with E-state index in [1.165, 1.54) is 0 Å². The van der Waals surface area contributed by atoms with Gasteiger partial charge in [0.2, 0.25) is 0 Å². The number of aromatic nitrogens is 1. The van der Waals surface area contributed by atoms with Crippen LogP contribution in [0.4, 0.5) is 5.13 Å². The number of thiazole rings is 1. The number of benzene rings is 1. The van der Waals surface area contributed by atoms with E-state index in [1.807, 2.05) is 57.5 Å². The SMILES string of the molecule is CNc1nc(-c2ccc(OC(C)(C)C)cc2)cs1. The van der Waals surface area contributed by atoms with Gasteiger partial charge in [-0.15, -0.1) is 11.3 Å². The van der Waals surface area contributed by atoms with Crippen LogP contribution >= 0.6 is 11.3 Å². The van der Waals surface area contributed by atoms with Crippen LogP contribution in [0.15, 0.2) is 29.6 Å². The van der Waals surface area contributed by atoms with Crippen molar-refractivity contribution >= 4 is 16.5 Å². The number of anilines is 1. The van der Waals surface area contributed by atoms with Gasteiger partial charge >= 0.3 is 0 Å². The average Bonchev–Trinajstić information content (AvgIpc) is 2.76. The first-order valence-electron chi connectivity index (χ1n) is 5.91. The standard InChI is InChI=1S/C14H18N2OS/c1-14(2,3)17-11-7-5-10(6-8-11)12-9-18-13(15-4)16-12/h5-9H,1-4H3,(H,15,16). The van der Waals surface area contributed by atoms with Crippen molar-refractivity contribution in [1.29, 1.82) is 0 Å². The quantitative estimate of drug-likeness (QED) is 0.906. The van der Waals surface area contributed by atoms with E-state index < -0.39 is 0 Å². The molecule has 0 aliphatic rings. The molecule has 4 heteroatoms. The predicted molar refractivity (Wildman–Crippen MR) is 77.5 cm³/mol. The van der Waals surface area contributed by atoms with Crippen molar-refractivity contribution in [2.45, 2.75) is 26.4 Å². The fraction of sp³-hybridized carbons (Fsp3) is 0.357. The van der Waals surface area contributed by atoms with Gasteiger partial charge in [-0.25, -0.2) is 4.98 Å². The van der Waals surface area contributed by atoms with Gasteiger partial charge in [-0.3, -0.25) is 0 Å². The van der Waals surface area contributed by atoms with Gasteiger partial charge in [0.15, 0.2) is 5.13 Å². The molecule has 0 saturated heterocycles. The van der Waals surface area contributed by atoms with Gasteiger partial charge in [0, 0.05) is 18.0 Å². The van der Waals surface area contributed by atoms with E-state index in [0.29, 0.717) is 0 Å². The Labute approximate surface area is 112 Å². The first kappa shape index (κ1) is 12.9. The highest BCUT2D eigenvalue weighted by Gasteiger charge is 2.11. The molecule has 0 atom stereocenters. The van der Waals surface area contributed by atoms with Crippen molar-refractivity contribution in [3.8, 4) is 17.0 Å². The van der Waals surface area contributed by atoms with E-state index >= 15 is 0 Å². The molecule has 2 rings (SSSR count). The summed E-state index contributed by atoms with van der Waals surface area (Å²) >= 11 is 1.61. The van der Waals surface area contributed by atoms with Gasteiger partial charge in [0.05, 0.1) is 5.69 Å². The Morgan fingerprint density at radius 1 is 1.17 bits per heavy atom. The Kier molecular flexibility index (Phi) is 3.57. The molecule has 0 amide bonds. The maximum Gasteiger partial charge on any atom is 0.182 e. The minimum atomic E-state index is -0.165. The number of nitrogens with zero attached hydrogens (tertiary/aromatic N) is 1. The third-order valence-electron chi connectivity index (χ3n) is 2.29. The van der Waals surface area contributed by atoms with Crippen LogP contribution in [0.2, 0.25) is 0 Å². The molecule has 96 valence electrons. The summed E-state index contributed by atoms with van der Waals surface area (Å²) in [6.45, 7) is 6.13. The lowest BCUT2D eigenvalue weighted by molar-refractivity contribution is 0.131. The molecule has 1 heterocycles. The van der Waals surface area contributed by atoms with Crippen LogP contribution in [-0.4, -0.2) is 17.6 Å². The normalized spacial score (nSPS) is 11.3. The summed E-state index contributed by atoms with van der Waals surface area (Å²) < 4.78 is 5.79. The van der Waals surface area contributed by atoms with Crippen molar-refractivity contribution in [3.63, 3.8) is 0 Å². The molecular weight excluding hydrogens is 244 g/mol. The highest BCUT2D eigenvalue weighted by molar-refractivity contribution is 7.14. The largest absolute Gasteiger partial charge is 0.488 e. The highest BCUT2D eigenvalue weighted by atomic mass is 32.1. The first-order chi connectivity index (χ1) is 8.48. The highest BCUT2D eigenvalue weighted by Crippen LogP contribution is 2.27. The van der Waals surface area contributed by atoms with Crippen LogP contribution in [0.25, 0.3) is 11.3 Å². The molecule has 0 fully saturated rings. The second-order valence-electron chi connectivity index (χ2n) is 5.03. The summed E-state index contributed by atoms with van der Waals surface area (Å²) in [5.41, 5.74) is 1.93. The zero-order valence-corrected chi connectivity index (χ0v) is 12.0. The minimum Gasteiger partial charge on any atom is -0.488 e. The van der Waals surface area contributed by atoms with Gasteiger partial charge < -0.3 is 10.1 Å². The van der Waals surface area contributed by atoms with Gasteiger partial charge in [-0.05, 0) is 45.0 Å². The molecule has 0 unspecified atom stereocenters. The molecule has 0 spiro atoms. The lowest BCUT2D eigenvalue weighted by Gasteiger charge is -2.21. The maximum atomic E-state index is 5.79. The van der Waals surface area contributed by atoms with Crippen LogP contribution in [0.3, 0.4) is 0 Å². The maximum absolute atomic E-state index is 5.79.